The minimum Gasteiger partial charge on any atom is -0.508 e. The summed E-state index contributed by atoms with van der Waals surface area (Å²) in [4.78, 5) is 14.4. The zero-order valence-corrected chi connectivity index (χ0v) is 18.7. The first-order chi connectivity index (χ1) is 16.1. The molecule has 0 saturated carbocycles. The van der Waals surface area contributed by atoms with Crippen molar-refractivity contribution in [2.75, 3.05) is 13.7 Å². The molecule has 0 aliphatic carbocycles. The molecule has 4 heterocycles. The monoisotopic (exact) mass is 446 g/mol. The van der Waals surface area contributed by atoms with Crippen LogP contribution in [0.15, 0.2) is 53.9 Å². The van der Waals surface area contributed by atoms with Crippen LogP contribution in [0.25, 0.3) is 22.4 Å². The first-order valence-electron chi connectivity index (χ1n) is 11.0. The minimum atomic E-state index is 0.0749. The average Bonchev–Trinajstić information content (AvgIpc) is 3.27. The fraction of sp³-hybridized carbons (Fsp3) is 0.333. The highest BCUT2D eigenvalue weighted by Crippen LogP contribution is 2.27. The van der Waals surface area contributed by atoms with E-state index in [9.17, 15) is 5.11 Å². The summed E-state index contributed by atoms with van der Waals surface area (Å²) in [6, 6.07) is 8.76. The zero-order chi connectivity index (χ0) is 22.8. The number of benzene rings is 1. The highest BCUT2D eigenvalue weighted by Gasteiger charge is 2.17. The van der Waals surface area contributed by atoms with Crippen molar-refractivity contribution in [3.05, 3.63) is 54.4 Å². The second kappa shape index (κ2) is 9.03. The van der Waals surface area contributed by atoms with Gasteiger partial charge >= 0.3 is 0 Å². The first-order valence-corrected chi connectivity index (χ1v) is 11.0. The van der Waals surface area contributed by atoms with E-state index in [-0.39, 0.29) is 11.9 Å². The van der Waals surface area contributed by atoms with Crippen LogP contribution in [-0.2, 0) is 18.3 Å². The van der Waals surface area contributed by atoms with Crippen LogP contribution in [0.5, 0.6) is 11.5 Å². The number of ether oxygens (including phenoxy) is 2. The largest absolute Gasteiger partial charge is 0.508 e. The van der Waals surface area contributed by atoms with Crippen LogP contribution in [-0.4, -0.2) is 49.2 Å². The van der Waals surface area contributed by atoms with Crippen LogP contribution in [0.1, 0.15) is 19.3 Å². The third kappa shape index (κ3) is 4.58. The number of hydrogen-bond acceptors (Lipinski definition) is 7. The van der Waals surface area contributed by atoms with Gasteiger partial charge in [0.15, 0.2) is 5.65 Å². The Bertz CT molecular complexity index is 1350. The number of phenols is 1. The summed E-state index contributed by atoms with van der Waals surface area (Å²) < 4.78 is 15.1. The molecule has 1 saturated heterocycles. The Morgan fingerprint density at radius 1 is 1.21 bits per heavy atom. The second-order valence-corrected chi connectivity index (χ2v) is 8.16. The highest BCUT2D eigenvalue weighted by molar-refractivity contribution is 5.73. The Kier molecular flexibility index (Phi) is 5.78. The van der Waals surface area contributed by atoms with E-state index in [1.165, 1.54) is 0 Å². The Labute approximate surface area is 191 Å². The molecule has 0 spiro atoms. The molecule has 170 valence electrons. The molecule has 1 aliphatic heterocycles. The molecule has 0 amide bonds. The Morgan fingerprint density at radius 2 is 2.12 bits per heavy atom. The van der Waals surface area contributed by atoms with Crippen LogP contribution in [0, 0.1) is 0 Å². The van der Waals surface area contributed by atoms with Gasteiger partial charge in [0.2, 0.25) is 0 Å². The van der Waals surface area contributed by atoms with E-state index in [0.717, 1.165) is 48.3 Å². The van der Waals surface area contributed by atoms with Gasteiger partial charge in [-0.2, -0.15) is 5.10 Å². The number of nitrogens with zero attached hydrogens (tertiary/aromatic N) is 6. The van der Waals surface area contributed by atoms with Crippen molar-refractivity contribution in [2.24, 2.45) is 12.0 Å². The van der Waals surface area contributed by atoms with Gasteiger partial charge in [0.25, 0.3) is 0 Å². The number of aryl methyl sites for hydroxylation is 1. The van der Waals surface area contributed by atoms with Crippen LogP contribution < -0.4 is 10.2 Å². The summed E-state index contributed by atoms with van der Waals surface area (Å²) in [6.07, 6.45) is 8.73. The molecule has 9 nitrogen and oxygen atoms in total. The molecular formula is C24H26N6O3. The molecule has 1 atom stereocenters. The van der Waals surface area contributed by atoms with Crippen LogP contribution in [0.3, 0.4) is 0 Å². The van der Waals surface area contributed by atoms with Gasteiger partial charge in [0.1, 0.15) is 22.5 Å². The summed E-state index contributed by atoms with van der Waals surface area (Å²) in [7, 11) is 3.43. The Hall–Kier alpha value is -3.72. The lowest BCUT2D eigenvalue weighted by Crippen LogP contribution is -2.31. The fourth-order valence-corrected chi connectivity index (χ4v) is 4.06. The maximum absolute atomic E-state index is 10.1. The third-order valence-corrected chi connectivity index (χ3v) is 5.72. The summed E-state index contributed by atoms with van der Waals surface area (Å²) in [5.41, 5.74) is 4.41. The van der Waals surface area contributed by atoms with E-state index >= 15 is 0 Å². The maximum atomic E-state index is 10.1. The molecule has 33 heavy (non-hydrogen) atoms. The molecule has 9 heteroatoms. The topological polar surface area (TPSA) is 99.6 Å². The number of phenolic OH excluding ortho intramolecular Hbond substituents is 1. The standard InChI is InChI=1S/C24H26N6O3/c1-29-14-16(12-26-29)22-13-25-21-6-7-23(27-17-9-18(31)11-20(10-17)32-2)30(24(21)28-22)15-19-5-3-4-8-33-19/h6-7,9-14,19,31H,3-5,8,15H2,1-2H3. The SMILES string of the molecule is COc1cc(O)cc(N=c2ccc3ncc(-c4cnn(C)c4)nc3n2CC2CCCCO2)c1. The smallest absolute Gasteiger partial charge is 0.160 e. The van der Waals surface area contributed by atoms with Crippen molar-refractivity contribution in [1.29, 1.82) is 0 Å². The minimum absolute atomic E-state index is 0.0749. The number of fused-ring (bicyclic) bond motifs is 1. The molecule has 1 aliphatic rings. The van der Waals surface area contributed by atoms with Crippen molar-refractivity contribution in [1.82, 2.24) is 24.3 Å². The number of aromatic nitrogens is 5. The summed E-state index contributed by atoms with van der Waals surface area (Å²) in [5, 5.41) is 14.3. The van der Waals surface area contributed by atoms with E-state index in [0.29, 0.717) is 23.5 Å². The molecule has 1 aromatic carbocycles. The van der Waals surface area contributed by atoms with Gasteiger partial charge in [-0.3, -0.25) is 9.67 Å². The molecule has 3 aromatic heterocycles. The molecular weight excluding hydrogens is 420 g/mol. The van der Waals surface area contributed by atoms with Gasteiger partial charge in [0.05, 0.1) is 43.5 Å². The lowest BCUT2D eigenvalue weighted by molar-refractivity contribution is 0.00596. The number of pyridine rings is 1. The third-order valence-electron chi connectivity index (χ3n) is 5.72. The van der Waals surface area contributed by atoms with E-state index in [1.807, 2.05) is 25.4 Å². The van der Waals surface area contributed by atoms with Gasteiger partial charge in [0, 0.05) is 43.6 Å². The lowest BCUT2D eigenvalue weighted by Gasteiger charge is -2.24. The number of methoxy groups -OCH3 is 1. The molecule has 1 N–H and O–H groups in total. The molecule has 0 radical (unpaired) electrons. The molecule has 0 bridgehead atoms. The van der Waals surface area contributed by atoms with Crippen molar-refractivity contribution < 1.29 is 14.6 Å². The predicted octanol–water partition coefficient (Wildman–Crippen LogP) is 3.35. The van der Waals surface area contributed by atoms with E-state index in [4.69, 9.17) is 19.5 Å². The average molecular weight is 447 g/mol. The quantitative estimate of drug-likeness (QED) is 0.505. The van der Waals surface area contributed by atoms with Crippen molar-refractivity contribution in [2.45, 2.75) is 31.9 Å². The first kappa shape index (κ1) is 21.1. The van der Waals surface area contributed by atoms with E-state index in [2.05, 4.69) is 14.6 Å². The van der Waals surface area contributed by atoms with Gasteiger partial charge in [-0.05, 0) is 31.4 Å². The van der Waals surface area contributed by atoms with Crippen LogP contribution in [0.4, 0.5) is 5.69 Å². The maximum Gasteiger partial charge on any atom is 0.160 e. The van der Waals surface area contributed by atoms with Crippen LogP contribution >= 0.6 is 0 Å². The van der Waals surface area contributed by atoms with E-state index < -0.39 is 0 Å². The predicted molar refractivity (Wildman–Crippen MR) is 123 cm³/mol. The fourth-order valence-electron chi connectivity index (χ4n) is 4.06. The molecule has 5 rings (SSSR count). The van der Waals surface area contributed by atoms with Crippen molar-refractivity contribution in [3.8, 4) is 22.8 Å². The summed E-state index contributed by atoms with van der Waals surface area (Å²) in [5.74, 6) is 0.630. The normalized spacial score (nSPS) is 16.9. The summed E-state index contributed by atoms with van der Waals surface area (Å²) in [6.45, 7) is 1.37. The lowest BCUT2D eigenvalue weighted by atomic mass is 10.1. The Morgan fingerprint density at radius 3 is 2.88 bits per heavy atom. The molecule has 4 aromatic rings. The number of rotatable bonds is 5. The van der Waals surface area contributed by atoms with Gasteiger partial charge in [-0.15, -0.1) is 0 Å². The number of hydrogen-bond donors (Lipinski definition) is 1. The molecule has 1 fully saturated rings. The van der Waals surface area contributed by atoms with E-state index in [1.54, 1.807) is 42.4 Å². The second-order valence-electron chi connectivity index (χ2n) is 8.16. The zero-order valence-electron chi connectivity index (χ0n) is 18.7. The van der Waals surface area contributed by atoms with Crippen molar-refractivity contribution in [3.63, 3.8) is 0 Å². The summed E-state index contributed by atoms with van der Waals surface area (Å²) >= 11 is 0. The van der Waals surface area contributed by atoms with Gasteiger partial charge in [-0.25, -0.2) is 9.98 Å². The van der Waals surface area contributed by atoms with Gasteiger partial charge < -0.3 is 19.1 Å². The van der Waals surface area contributed by atoms with Gasteiger partial charge in [-0.1, -0.05) is 0 Å². The molecule has 1 unspecified atom stereocenters. The highest BCUT2D eigenvalue weighted by atomic mass is 16.5. The van der Waals surface area contributed by atoms with Crippen LogP contribution in [0.2, 0.25) is 0 Å². The van der Waals surface area contributed by atoms with Crippen molar-refractivity contribution >= 4 is 16.9 Å². The number of aromatic hydroxyl groups is 1. The Balaban J connectivity index is 1.68.